The molecule has 0 aromatic carbocycles. The van der Waals surface area contributed by atoms with Crippen LogP contribution < -0.4 is 11.1 Å². The largest absolute Gasteiger partial charge is 0.369 e. The lowest BCUT2D eigenvalue weighted by Gasteiger charge is -2.26. The minimum absolute atomic E-state index is 0.0576. The average molecular weight is 276 g/mol. The zero-order chi connectivity index (χ0) is 14.5. The third-order valence-corrected chi connectivity index (χ3v) is 3.67. The number of aryl methyl sites for hydroxylation is 2. The molecule has 2 atom stereocenters. The fraction of sp³-hybridized carbons (Fsp3) is 0.500. The van der Waals surface area contributed by atoms with E-state index in [1.807, 2.05) is 25.3 Å². The number of amides is 2. The van der Waals surface area contributed by atoms with Crippen LogP contribution in [0.15, 0.2) is 24.4 Å². The van der Waals surface area contributed by atoms with Gasteiger partial charge in [0, 0.05) is 31.4 Å². The predicted molar refractivity (Wildman–Crippen MR) is 74.5 cm³/mol. The molecule has 1 aromatic rings. The first-order chi connectivity index (χ1) is 9.58. The van der Waals surface area contributed by atoms with Crippen molar-refractivity contribution < 1.29 is 9.59 Å². The lowest BCUT2D eigenvalue weighted by atomic mass is 9.88. The third-order valence-electron chi connectivity index (χ3n) is 3.67. The van der Waals surface area contributed by atoms with Crippen molar-refractivity contribution in [2.24, 2.45) is 18.7 Å². The quantitative estimate of drug-likeness (QED) is 0.757. The molecule has 0 bridgehead atoms. The maximum absolute atomic E-state index is 12.0. The number of aromatic nitrogens is 2. The van der Waals surface area contributed by atoms with Crippen LogP contribution in [0.5, 0.6) is 0 Å². The van der Waals surface area contributed by atoms with Crippen LogP contribution in [0.2, 0.25) is 0 Å². The van der Waals surface area contributed by atoms with Crippen molar-refractivity contribution in [3.63, 3.8) is 0 Å². The smallest absolute Gasteiger partial charge is 0.222 e. The topological polar surface area (TPSA) is 90.0 Å². The van der Waals surface area contributed by atoms with Gasteiger partial charge in [0.1, 0.15) is 0 Å². The van der Waals surface area contributed by atoms with Crippen molar-refractivity contribution in [1.29, 1.82) is 0 Å². The minimum atomic E-state index is -0.355. The van der Waals surface area contributed by atoms with Gasteiger partial charge in [0.15, 0.2) is 0 Å². The second kappa shape index (κ2) is 6.36. The highest BCUT2D eigenvalue weighted by molar-refractivity contribution is 5.81. The lowest BCUT2D eigenvalue weighted by molar-refractivity contribution is -0.125. The molecule has 0 radical (unpaired) electrons. The summed E-state index contributed by atoms with van der Waals surface area (Å²) in [5, 5.41) is 6.97. The van der Waals surface area contributed by atoms with Gasteiger partial charge in [-0.2, -0.15) is 5.10 Å². The summed E-state index contributed by atoms with van der Waals surface area (Å²) in [6.45, 7) is 0. The number of allylic oxidation sites excluding steroid dienone is 1. The summed E-state index contributed by atoms with van der Waals surface area (Å²) >= 11 is 0. The molecule has 6 heteroatoms. The highest BCUT2D eigenvalue weighted by Crippen LogP contribution is 2.19. The first-order valence-electron chi connectivity index (χ1n) is 6.78. The van der Waals surface area contributed by atoms with Gasteiger partial charge in [-0.1, -0.05) is 12.2 Å². The van der Waals surface area contributed by atoms with E-state index < -0.39 is 0 Å². The molecule has 20 heavy (non-hydrogen) atoms. The van der Waals surface area contributed by atoms with Gasteiger partial charge in [-0.25, -0.2) is 0 Å². The molecule has 1 aliphatic carbocycles. The summed E-state index contributed by atoms with van der Waals surface area (Å²) in [4.78, 5) is 23.3. The van der Waals surface area contributed by atoms with Crippen LogP contribution in [0, 0.1) is 5.92 Å². The summed E-state index contributed by atoms with van der Waals surface area (Å²) in [5.41, 5.74) is 6.38. The molecular weight excluding hydrogens is 256 g/mol. The van der Waals surface area contributed by atoms with Gasteiger partial charge < -0.3 is 11.1 Å². The maximum Gasteiger partial charge on any atom is 0.222 e. The molecule has 0 saturated heterocycles. The zero-order valence-corrected chi connectivity index (χ0v) is 11.6. The van der Waals surface area contributed by atoms with Crippen LogP contribution in [0.25, 0.3) is 0 Å². The zero-order valence-electron chi connectivity index (χ0n) is 11.6. The molecule has 108 valence electrons. The fourth-order valence-electron chi connectivity index (χ4n) is 2.46. The number of primary amides is 1. The van der Waals surface area contributed by atoms with Crippen molar-refractivity contribution in [3.8, 4) is 0 Å². The second-order valence-electron chi connectivity index (χ2n) is 5.07. The van der Waals surface area contributed by atoms with Crippen molar-refractivity contribution in [2.45, 2.75) is 31.7 Å². The second-order valence-corrected chi connectivity index (χ2v) is 5.07. The van der Waals surface area contributed by atoms with Gasteiger partial charge in [-0.05, 0) is 25.3 Å². The standard InChI is InChI=1S/C14H20N4O2/c1-18-10(8-9-16-18)6-7-13(19)17-12-5-3-2-4-11(12)14(15)20/h2-3,8-9,11-12H,4-7H2,1H3,(H2,15,20)(H,17,19)/t11-,12-/m1/s1. The molecule has 0 aliphatic heterocycles. The Morgan fingerprint density at radius 2 is 2.20 bits per heavy atom. The molecule has 2 rings (SSSR count). The van der Waals surface area contributed by atoms with Gasteiger partial charge in [0.25, 0.3) is 0 Å². The Hall–Kier alpha value is -2.11. The predicted octanol–water partition coefficient (Wildman–Crippen LogP) is 0.289. The normalized spacial score (nSPS) is 21.6. The summed E-state index contributed by atoms with van der Waals surface area (Å²) in [6, 6.07) is 1.71. The van der Waals surface area contributed by atoms with E-state index in [1.54, 1.807) is 10.9 Å². The number of hydrogen-bond donors (Lipinski definition) is 2. The summed E-state index contributed by atoms with van der Waals surface area (Å²) < 4.78 is 1.75. The van der Waals surface area contributed by atoms with E-state index in [1.165, 1.54) is 0 Å². The molecule has 1 aliphatic rings. The molecule has 3 N–H and O–H groups in total. The monoisotopic (exact) mass is 276 g/mol. The van der Waals surface area contributed by atoms with Crippen LogP contribution in [0.1, 0.15) is 25.0 Å². The van der Waals surface area contributed by atoms with E-state index in [0.717, 1.165) is 5.69 Å². The van der Waals surface area contributed by atoms with Crippen molar-refractivity contribution in [3.05, 3.63) is 30.1 Å². The van der Waals surface area contributed by atoms with Gasteiger partial charge in [0.2, 0.25) is 11.8 Å². The number of rotatable bonds is 5. The van der Waals surface area contributed by atoms with Crippen LogP contribution >= 0.6 is 0 Å². The van der Waals surface area contributed by atoms with Gasteiger partial charge in [-0.15, -0.1) is 0 Å². The molecule has 0 unspecified atom stereocenters. The van der Waals surface area contributed by atoms with Crippen LogP contribution in [0.4, 0.5) is 0 Å². The van der Waals surface area contributed by atoms with Crippen LogP contribution in [-0.2, 0) is 23.1 Å². The van der Waals surface area contributed by atoms with Crippen molar-refractivity contribution in [1.82, 2.24) is 15.1 Å². The number of nitrogens with zero attached hydrogens (tertiary/aromatic N) is 2. The average Bonchev–Trinajstić information content (AvgIpc) is 2.82. The Labute approximate surface area is 118 Å². The van der Waals surface area contributed by atoms with Crippen molar-refractivity contribution >= 4 is 11.8 Å². The molecule has 0 saturated carbocycles. The number of nitrogens with two attached hydrogens (primary N) is 1. The van der Waals surface area contributed by atoms with Crippen LogP contribution in [-0.4, -0.2) is 27.6 Å². The van der Waals surface area contributed by atoms with Crippen molar-refractivity contribution in [2.75, 3.05) is 0 Å². The van der Waals surface area contributed by atoms with E-state index in [-0.39, 0.29) is 23.8 Å². The summed E-state index contributed by atoms with van der Waals surface area (Å²) in [7, 11) is 1.85. The molecule has 6 nitrogen and oxygen atoms in total. The van der Waals surface area contributed by atoms with E-state index >= 15 is 0 Å². The number of hydrogen-bond acceptors (Lipinski definition) is 3. The first kappa shape index (κ1) is 14.3. The number of carbonyl (C=O) groups excluding carboxylic acids is 2. The molecular formula is C14H20N4O2. The van der Waals surface area contributed by atoms with Gasteiger partial charge in [0.05, 0.1) is 5.92 Å². The number of nitrogens with one attached hydrogen (secondary N) is 1. The lowest BCUT2D eigenvalue weighted by Crippen LogP contribution is -2.46. The van der Waals surface area contributed by atoms with E-state index in [4.69, 9.17) is 5.73 Å². The summed E-state index contributed by atoms with van der Waals surface area (Å²) in [5.74, 6) is -0.718. The Morgan fingerprint density at radius 1 is 1.45 bits per heavy atom. The Kier molecular flexibility index (Phi) is 4.55. The molecule has 0 spiro atoms. The van der Waals surface area contributed by atoms with E-state index in [9.17, 15) is 9.59 Å². The van der Waals surface area contributed by atoms with Gasteiger partial charge >= 0.3 is 0 Å². The van der Waals surface area contributed by atoms with E-state index in [2.05, 4.69) is 10.4 Å². The highest BCUT2D eigenvalue weighted by atomic mass is 16.2. The molecule has 1 aromatic heterocycles. The number of carbonyl (C=O) groups is 2. The first-order valence-corrected chi connectivity index (χ1v) is 6.78. The Morgan fingerprint density at radius 3 is 2.85 bits per heavy atom. The molecule has 0 fully saturated rings. The molecule has 2 amide bonds. The summed E-state index contributed by atoms with van der Waals surface area (Å²) in [6.07, 6.45) is 7.89. The van der Waals surface area contributed by atoms with Crippen LogP contribution in [0.3, 0.4) is 0 Å². The fourth-order valence-corrected chi connectivity index (χ4v) is 2.46. The highest BCUT2D eigenvalue weighted by Gasteiger charge is 2.28. The Bertz CT molecular complexity index is 521. The van der Waals surface area contributed by atoms with E-state index in [0.29, 0.717) is 25.7 Å². The Balaban J connectivity index is 1.86. The third kappa shape index (κ3) is 3.46. The molecule has 1 heterocycles. The van der Waals surface area contributed by atoms with Gasteiger partial charge in [-0.3, -0.25) is 14.3 Å². The minimum Gasteiger partial charge on any atom is -0.369 e. The maximum atomic E-state index is 12.0. The SMILES string of the molecule is Cn1nccc1CCC(=O)N[C@@H]1CC=CC[C@H]1C(N)=O.